The first-order valence-corrected chi connectivity index (χ1v) is 9.96. The molecule has 0 amide bonds. The van der Waals surface area contributed by atoms with Crippen LogP contribution in [0.1, 0.15) is 24.6 Å². The van der Waals surface area contributed by atoms with Crippen LogP contribution in [0, 0.1) is 24.2 Å². The van der Waals surface area contributed by atoms with Crippen LogP contribution in [0.5, 0.6) is 0 Å². The standard InChI is InChI=1S/C17H22N3PS/c1-6-13(10-18)12(3)16-8-14-7-11(2)15(19-22-5)9-17(14)20(16)21-4/h7-9,13,19,21H,3,6H2,1-2,4-5H3. The van der Waals surface area contributed by atoms with Gasteiger partial charge in [0.15, 0.2) is 0 Å². The van der Waals surface area contributed by atoms with E-state index in [1.54, 1.807) is 11.9 Å². The van der Waals surface area contributed by atoms with E-state index in [9.17, 15) is 5.26 Å². The van der Waals surface area contributed by atoms with Crippen molar-refractivity contribution in [1.82, 2.24) is 4.34 Å². The molecule has 1 heterocycles. The summed E-state index contributed by atoms with van der Waals surface area (Å²) in [5, 5.41) is 10.5. The molecule has 2 rings (SSSR count). The van der Waals surface area contributed by atoms with Gasteiger partial charge in [0.05, 0.1) is 17.5 Å². The van der Waals surface area contributed by atoms with Crippen LogP contribution in [0.3, 0.4) is 0 Å². The first-order valence-electron chi connectivity index (χ1n) is 7.29. The fourth-order valence-corrected chi connectivity index (χ4v) is 3.98. The summed E-state index contributed by atoms with van der Waals surface area (Å²) >= 11 is 1.60. The lowest BCUT2D eigenvalue weighted by Crippen LogP contribution is -2.01. The second-order valence-electron chi connectivity index (χ2n) is 5.24. The highest BCUT2D eigenvalue weighted by molar-refractivity contribution is 7.99. The minimum absolute atomic E-state index is 0.121. The Morgan fingerprint density at radius 2 is 2.23 bits per heavy atom. The van der Waals surface area contributed by atoms with Crippen LogP contribution in [0.25, 0.3) is 16.5 Å². The molecule has 0 saturated carbocycles. The van der Waals surface area contributed by atoms with Gasteiger partial charge in [-0.15, -0.1) is 0 Å². The second kappa shape index (κ2) is 7.22. The van der Waals surface area contributed by atoms with Gasteiger partial charge < -0.3 is 9.06 Å². The molecule has 5 heteroatoms. The summed E-state index contributed by atoms with van der Waals surface area (Å²) in [6.07, 6.45) is 2.82. The molecule has 1 aromatic carbocycles. The maximum absolute atomic E-state index is 9.32. The maximum Gasteiger partial charge on any atom is 0.0724 e. The number of hydrogen-bond acceptors (Lipinski definition) is 3. The van der Waals surface area contributed by atoms with Gasteiger partial charge in [-0.1, -0.05) is 25.5 Å². The topological polar surface area (TPSA) is 40.8 Å². The van der Waals surface area contributed by atoms with Crippen LogP contribution >= 0.6 is 20.7 Å². The van der Waals surface area contributed by atoms with Gasteiger partial charge in [0.2, 0.25) is 0 Å². The predicted octanol–water partition coefficient (Wildman–Crippen LogP) is 5.27. The second-order valence-corrected chi connectivity index (χ2v) is 6.74. The summed E-state index contributed by atoms with van der Waals surface area (Å²) in [6, 6.07) is 8.93. The number of benzene rings is 1. The predicted molar refractivity (Wildman–Crippen MR) is 102 cm³/mol. The SMILES string of the molecule is C=C(c1cc2cc(C)c(NSC)cc2n1PC)C(C#N)CC. The van der Waals surface area contributed by atoms with E-state index in [0.717, 1.165) is 23.4 Å². The summed E-state index contributed by atoms with van der Waals surface area (Å²) in [6.45, 7) is 10.5. The molecule has 0 aliphatic rings. The number of nitrogens with one attached hydrogen (secondary N) is 1. The summed E-state index contributed by atoms with van der Waals surface area (Å²) < 4.78 is 5.61. The Hall–Kier alpha value is -1.43. The average molecular weight is 331 g/mol. The molecule has 0 radical (unpaired) electrons. The number of aromatic nitrogens is 1. The van der Waals surface area contributed by atoms with Crippen LogP contribution in [-0.4, -0.2) is 17.3 Å². The average Bonchev–Trinajstić information content (AvgIpc) is 2.86. The molecule has 3 nitrogen and oxygen atoms in total. The molecule has 116 valence electrons. The van der Waals surface area contributed by atoms with E-state index < -0.39 is 0 Å². The number of hydrogen-bond donors (Lipinski definition) is 1. The third-order valence-corrected chi connectivity index (χ3v) is 5.25. The molecular formula is C17H22N3PS. The number of aryl methyl sites for hydroxylation is 1. The Morgan fingerprint density at radius 3 is 2.77 bits per heavy atom. The van der Waals surface area contributed by atoms with E-state index in [0.29, 0.717) is 8.73 Å². The monoisotopic (exact) mass is 331 g/mol. The van der Waals surface area contributed by atoms with E-state index in [2.05, 4.69) is 53.5 Å². The number of anilines is 1. The number of fused-ring (bicyclic) bond motifs is 1. The van der Waals surface area contributed by atoms with Crippen LogP contribution in [0.4, 0.5) is 5.69 Å². The number of nitrogens with zero attached hydrogens (tertiary/aromatic N) is 2. The van der Waals surface area contributed by atoms with Crippen molar-refractivity contribution in [2.45, 2.75) is 20.3 Å². The Bertz CT molecular complexity index is 742. The maximum atomic E-state index is 9.32. The Morgan fingerprint density at radius 1 is 1.50 bits per heavy atom. The molecule has 0 bridgehead atoms. The number of nitriles is 1. The fourth-order valence-electron chi connectivity index (χ4n) is 2.66. The normalized spacial score (nSPS) is 12.7. The minimum Gasteiger partial charge on any atom is -0.330 e. The lowest BCUT2D eigenvalue weighted by atomic mass is 9.97. The van der Waals surface area contributed by atoms with E-state index in [1.165, 1.54) is 16.5 Å². The van der Waals surface area contributed by atoms with E-state index >= 15 is 0 Å². The van der Waals surface area contributed by atoms with Crippen molar-refractivity contribution < 1.29 is 0 Å². The van der Waals surface area contributed by atoms with E-state index in [4.69, 9.17) is 0 Å². The van der Waals surface area contributed by atoms with Crippen molar-refractivity contribution in [3.05, 3.63) is 36.0 Å². The van der Waals surface area contributed by atoms with Crippen LogP contribution < -0.4 is 4.72 Å². The zero-order valence-corrected chi connectivity index (χ0v) is 15.3. The first kappa shape index (κ1) is 16.9. The lowest BCUT2D eigenvalue weighted by molar-refractivity contribution is 0.804. The first-order chi connectivity index (χ1) is 10.6. The molecule has 2 atom stereocenters. The van der Waals surface area contributed by atoms with Gasteiger partial charge in [-0.3, -0.25) is 0 Å². The van der Waals surface area contributed by atoms with Gasteiger partial charge in [0.25, 0.3) is 0 Å². The lowest BCUT2D eigenvalue weighted by Gasteiger charge is -2.14. The smallest absolute Gasteiger partial charge is 0.0724 e. The van der Waals surface area contributed by atoms with Gasteiger partial charge in [-0.25, -0.2) is 0 Å². The Kier molecular flexibility index (Phi) is 5.56. The van der Waals surface area contributed by atoms with Gasteiger partial charge in [0, 0.05) is 23.0 Å². The molecule has 0 spiro atoms. The molecule has 0 aliphatic heterocycles. The third kappa shape index (κ3) is 3.02. The van der Waals surface area contributed by atoms with E-state index in [1.807, 2.05) is 13.2 Å². The molecule has 1 N–H and O–H groups in total. The van der Waals surface area contributed by atoms with Crippen molar-refractivity contribution in [2.24, 2.45) is 5.92 Å². The molecule has 0 aliphatic carbocycles. The molecule has 1 aromatic heterocycles. The highest BCUT2D eigenvalue weighted by Gasteiger charge is 2.17. The Balaban J connectivity index is 2.62. The van der Waals surface area contributed by atoms with Gasteiger partial charge >= 0.3 is 0 Å². The Labute approximate surface area is 138 Å². The van der Waals surface area contributed by atoms with Crippen molar-refractivity contribution >= 4 is 42.8 Å². The minimum atomic E-state index is -0.121. The molecule has 2 unspecified atom stereocenters. The highest BCUT2D eigenvalue weighted by Crippen LogP contribution is 2.36. The fraction of sp³-hybridized carbons (Fsp3) is 0.353. The molecule has 0 saturated heterocycles. The van der Waals surface area contributed by atoms with Crippen molar-refractivity contribution in [1.29, 1.82) is 5.26 Å². The van der Waals surface area contributed by atoms with Crippen molar-refractivity contribution in [2.75, 3.05) is 17.6 Å². The molecule has 22 heavy (non-hydrogen) atoms. The zero-order valence-electron chi connectivity index (χ0n) is 13.5. The summed E-state index contributed by atoms with van der Waals surface area (Å²) in [7, 11) is 0.603. The largest absolute Gasteiger partial charge is 0.330 e. The van der Waals surface area contributed by atoms with Crippen LogP contribution in [0.15, 0.2) is 24.8 Å². The van der Waals surface area contributed by atoms with E-state index in [-0.39, 0.29) is 5.92 Å². The molecule has 0 fully saturated rings. The van der Waals surface area contributed by atoms with Crippen molar-refractivity contribution in [3.8, 4) is 6.07 Å². The van der Waals surface area contributed by atoms with Crippen LogP contribution in [0.2, 0.25) is 0 Å². The molecular weight excluding hydrogens is 309 g/mol. The van der Waals surface area contributed by atoms with Crippen LogP contribution in [-0.2, 0) is 0 Å². The summed E-state index contributed by atoms with van der Waals surface area (Å²) in [5.74, 6) is -0.121. The molecule has 2 aromatic rings. The quantitative estimate of drug-likeness (QED) is 0.579. The number of rotatable bonds is 6. The summed E-state index contributed by atoms with van der Waals surface area (Å²) in [5.41, 5.74) is 5.58. The van der Waals surface area contributed by atoms with Gasteiger partial charge in [-0.05, 0) is 58.1 Å². The van der Waals surface area contributed by atoms with Crippen molar-refractivity contribution in [3.63, 3.8) is 0 Å². The third-order valence-electron chi connectivity index (χ3n) is 3.90. The zero-order chi connectivity index (χ0) is 16.3. The highest BCUT2D eigenvalue weighted by atomic mass is 32.2. The van der Waals surface area contributed by atoms with Gasteiger partial charge in [0.1, 0.15) is 0 Å². The van der Waals surface area contributed by atoms with Gasteiger partial charge in [-0.2, -0.15) is 5.26 Å². The summed E-state index contributed by atoms with van der Waals surface area (Å²) in [4.78, 5) is 0. The number of allylic oxidation sites excluding steroid dienone is 1.